The van der Waals surface area contributed by atoms with Gasteiger partial charge in [0.15, 0.2) is 16.4 Å². The van der Waals surface area contributed by atoms with Crippen LogP contribution in [-0.2, 0) is 19.4 Å². The molecule has 0 N–H and O–H groups in total. The molecule has 0 radical (unpaired) electrons. The number of carbonyl (C=O) groups excluding carboxylic acids is 2. The van der Waals surface area contributed by atoms with Gasteiger partial charge in [0.2, 0.25) is 0 Å². The minimum atomic E-state index is -3.12. The first-order valence-corrected chi connectivity index (χ1v) is 11.3. The molecule has 1 aliphatic heterocycles. The lowest BCUT2D eigenvalue weighted by molar-refractivity contribution is -0.136. The third-order valence-electron chi connectivity index (χ3n) is 4.47. The van der Waals surface area contributed by atoms with Crippen LogP contribution < -0.4 is 0 Å². The standard InChI is InChI=1S/C18H20FNO5S2/c1-2-7-20(12-6-8-27(23,24)11-12)17(21)10-25-18(22)16-9-13-14(19)4-3-5-15(13)26-16/h3-5,9,12H,2,6-8,10-11H2,1H3/t12-/m0/s1. The average Bonchev–Trinajstić information content (AvgIpc) is 3.21. The molecule has 27 heavy (non-hydrogen) atoms. The van der Waals surface area contributed by atoms with E-state index in [1.54, 1.807) is 12.1 Å². The van der Waals surface area contributed by atoms with Crippen molar-refractivity contribution in [3.63, 3.8) is 0 Å². The summed E-state index contributed by atoms with van der Waals surface area (Å²) in [6.45, 7) is 1.83. The van der Waals surface area contributed by atoms with Gasteiger partial charge < -0.3 is 9.64 Å². The van der Waals surface area contributed by atoms with E-state index in [2.05, 4.69) is 0 Å². The summed E-state index contributed by atoms with van der Waals surface area (Å²) in [7, 11) is -3.12. The van der Waals surface area contributed by atoms with Gasteiger partial charge in [-0.3, -0.25) is 4.79 Å². The number of hydrogen-bond acceptors (Lipinski definition) is 6. The zero-order chi connectivity index (χ0) is 19.6. The Morgan fingerprint density at radius 1 is 1.37 bits per heavy atom. The first-order chi connectivity index (χ1) is 12.8. The Labute approximate surface area is 160 Å². The molecule has 3 rings (SSSR count). The molecule has 146 valence electrons. The number of rotatable bonds is 6. The van der Waals surface area contributed by atoms with E-state index in [1.165, 1.54) is 17.0 Å². The molecular weight excluding hydrogens is 393 g/mol. The molecule has 1 aromatic heterocycles. The van der Waals surface area contributed by atoms with Crippen molar-refractivity contribution in [3.05, 3.63) is 35.0 Å². The summed E-state index contributed by atoms with van der Waals surface area (Å²) in [5, 5.41) is 0.338. The fourth-order valence-corrected chi connectivity index (χ4v) is 5.88. The van der Waals surface area contributed by atoms with Gasteiger partial charge in [-0.05, 0) is 31.0 Å². The van der Waals surface area contributed by atoms with Crippen molar-refractivity contribution in [2.24, 2.45) is 0 Å². The Morgan fingerprint density at radius 2 is 2.15 bits per heavy atom. The third kappa shape index (κ3) is 4.47. The molecule has 1 fully saturated rings. The normalized spacial score (nSPS) is 18.5. The monoisotopic (exact) mass is 413 g/mol. The highest BCUT2D eigenvalue weighted by Gasteiger charge is 2.34. The summed E-state index contributed by atoms with van der Waals surface area (Å²) in [6.07, 6.45) is 1.07. The summed E-state index contributed by atoms with van der Waals surface area (Å²) < 4.78 is 42.8. The third-order valence-corrected chi connectivity index (χ3v) is 7.30. The zero-order valence-electron chi connectivity index (χ0n) is 14.8. The van der Waals surface area contributed by atoms with Crippen molar-refractivity contribution in [3.8, 4) is 0 Å². The minimum absolute atomic E-state index is 0.0533. The van der Waals surface area contributed by atoms with Gasteiger partial charge in [0.05, 0.1) is 11.5 Å². The van der Waals surface area contributed by atoms with E-state index in [9.17, 15) is 22.4 Å². The number of carbonyl (C=O) groups is 2. The Balaban J connectivity index is 1.65. The van der Waals surface area contributed by atoms with Gasteiger partial charge in [0.25, 0.3) is 5.91 Å². The fourth-order valence-electron chi connectivity index (χ4n) is 3.18. The minimum Gasteiger partial charge on any atom is -0.451 e. The number of nitrogens with zero attached hydrogens (tertiary/aromatic N) is 1. The van der Waals surface area contributed by atoms with Gasteiger partial charge in [-0.25, -0.2) is 17.6 Å². The summed E-state index contributed by atoms with van der Waals surface area (Å²) in [5.74, 6) is -1.52. The summed E-state index contributed by atoms with van der Waals surface area (Å²) >= 11 is 1.10. The van der Waals surface area contributed by atoms with Crippen LogP contribution in [0.25, 0.3) is 10.1 Å². The number of amides is 1. The number of sulfone groups is 1. The van der Waals surface area contributed by atoms with Crippen molar-refractivity contribution in [1.29, 1.82) is 0 Å². The molecule has 9 heteroatoms. The van der Waals surface area contributed by atoms with Crippen molar-refractivity contribution in [2.45, 2.75) is 25.8 Å². The molecule has 0 bridgehead atoms. The van der Waals surface area contributed by atoms with Gasteiger partial charge in [-0.2, -0.15) is 0 Å². The van der Waals surface area contributed by atoms with Crippen molar-refractivity contribution in [1.82, 2.24) is 4.90 Å². The van der Waals surface area contributed by atoms with E-state index < -0.39 is 34.1 Å². The second-order valence-electron chi connectivity index (χ2n) is 6.48. The lowest BCUT2D eigenvalue weighted by Crippen LogP contribution is -2.43. The molecule has 1 saturated heterocycles. The second kappa shape index (κ2) is 7.93. The molecule has 6 nitrogen and oxygen atoms in total. The molecule has 2 aromatic rings. The van der Waals surface area contributed by atoms with Gasteiger partial charge in [0, 0.05) is 22.7 Å². The quantitative estimate of drug-likeness (QED) is 0.680. The highest BCUT2D eigenvalue weighted by molar-refractivity contribution is 7.91. The highest BCUT2D eigenvalue weighted by atomic mass is 32.2. The first-order valence-electron chi connectivity index (χ1n) is 8.66. The summed E-state index contributed by atoms with van der Waals surface area (Å²) in [4.78, 5) is 26.4. The van der Waals surface area contributed by atoms with Crippen molar-refractivity contribution < 1.29 is 27.1 Å². The maximum absolute atomic E-state index is 13.7. The van der Waals surface area contributed by atoms with Crippen LogP contribution in [0.2, 0.25) is 0 Å². The van der Waals surface area contributed by atoms with Crippen LogP contribution >= 0.6 is 11.3 Å². The zero-order valence-corrected chi connectivity index (χ0v) is 16.4. The van der Waals surface area contributed by atoms with Gasteiger partial charge in [0.1, 0.15) is 10.7 Å². The molecule has 0 unspecified atom stereocenters. The number of halogens is 1. The van der Waals surface area contributed by atoms with Gasteiger partial charge >= 0.3 is 5.97 Å². The van der Waals surface area contributed by atoms with E-state index in [1.807, 2.05) is 6.92 Å². The van der Waals surface area contributed by atoms with E-state index in [0.717, 1.165) is 11.3 Å². The average molecular weight is 413 g/mol. The maximum atomic E-state index is 13.7. The molecule has 1 atom stereocenters. The van der Waals surface area contributed by atoms with Crippen molar-refractivity contribution in [2.75, 3.05) is 24.7 Å². The van der Waals surface area contributed by atoms with Crippen LogP contribution in [0.4, 0.5) is 4.39 Å². The van der Waals surface area contributed by atoms with Crippen molar-refractivity contribution >= 4 is 43.1 Å². The SMILES string of the molecule is CCCN(C(=O)COC(=O)c1cc2c(F)cccc2s1)[C@H]1CCS(=O)(=O)C1. The molecule has 0 spiro atoms. The van der Waals surface area contributed by atoms with E-state index in [4.69, 9.17) is 4.74 Å². The number of benzene rings is 1. The van der Waals surface area contributed by atoms with Crippen LogP contribution in [0.5, 0.6) is 0 Å². The van der Waals surface area contributed by atoms with Crippen LogP contribution in [0.1, 0.15) is 29.4 Å². The predicted molar refractivity (Wildman–Crippen MR) is 101 cm³/mol. The fraction of sp³-hybridized carbons (Fsp3) is 0.444. The largest absolute Gasteiger partial charge is 0.451 e. The Kier molecular flexibility index (Phi) is 5.81. The van der Waals surface area contributed by atoms with Crippen LogP contribution in [-0.4, -0.2) is 55.9 Å². The lowest BCUT2D eigenvalue weighted by atomic mass is 10.2. The molecule has 1 aromatic carbocycles. The van der Waals surface area contributed by atoms with E-state index in [0.29, 0.717) is 29.5 Å². The van der Waals surface area contributed by atoms with Crippen LogP contribution in [0, 0.1) is 5.82 Å². The molecule has 1 aliphatic rings. The van der Waals surface area contributed by atoms with Crippen LogP contribution in [0.3, 0.4) is 0 Å². The smallest absolute Gasteiger partial charge is 0.348 e. The number of ether oxygens (including phenoxy) is 1. The number of hydrogen-bond donors (Lipinski definition) is 0. The number of fused-ring (bicyclic) bond motifs is 1. The molecule has 2 heterocycles. The topological polar surface area (TPSA) is 80.8 Å². The number of esters is 1. The van der Waals surface area contributed by atoms with Gasteiger partial charge in [-0.15, -0.1) is 11.3 Å². The molecule has 0 aliphatic carbocycles. The summed E-state index contributed by atoms with van der Waals surface area (Å²) in [5.41, 5.74) is 0. The number of thiophene rings is 1. The Morgan fingerprint density at radius 3 is 2.78 bits per heavy atom. The lowest BCUT2D eigenvalue weighted by Gasteiger charge is -2.27. The van der Waals surface area contributed by atoms with Crippen LogP contribution in [0.15, 0.2) is 24.3 Å². The van der Waals surface area contributed by atoms with E-state index >= 15 is 0 Å². The Bertz CT molecular complexity index is 969. The first kappa shape index (κ1) is 19.8. The molecule has 0 saturated carbocycles. The molecular formula is C18H20FNO5S2. The van der Waals surface area contributed by atoms with E-state index in [-0.39, 0.29) is 22.4 Å². The Hall–Kier alpha value is -2.00. The summed E-state index contributed by atoms with van der Waals surface area (Å²) in [6, 6.07) is 5.61. The maximum Gasteiger partial charge on any atom is 0.348 e. The highest BCUT2D eigenvalue weighted by Crippen LogP contribution is 2.28. The van der Waals surface area contributed by atoms with Gasteiger partial charge in [-0.1, -0.05) is 13.0 Å². The second-order valence-corrected chi connectivity index (χ2v) is 9.79. The predicted octanol–water partition coefficient (Wildman–Crippen LogP) is 2.62. The molecule has 1 amide bonds.